The first-order chi connectivity index (χ1) is 7.24. The molecule has 4 nitrogen and oxygen atoms in total. The van der Waals surface area contributed by atoms with E-state index in [1.807, 2.05) is 6.26 Å². The first kappa shape index (κ1) is 12.6. The number of nitrogen functional groups attached to an aromatic ring is 1. The lowest BCUT2D eigenvalue weighted by molar-refractivity contribution is 0.289. The standard InChI is InChI=1S/C9H17N3OS2/c1-3-12(5-4-6-13)9-7(14-2)8(10)11-15-9/h13H,3-6H2,1-2H3,(H2,10,11). The minimum absolute atomic E-state index is 0.222. The number of hydrogen-bond acceptors (Lipinski definition) is 6. The van der Waals surface area contributed by atoms with Crippen LogP contribution in [0.3, 0.4) is 0 Å². The summed E-state index contributed by atoms with van der Waals surface area (Å²) in [6.45, 7) is 4.08. The van der Waals surface area contributed by atoms with Crippen LogP contribution in [0, 0.1) is 0 Å². The van der Waals surface area contributed by atoms with Gasteiger partial charge in [0.1, 0.15) is 5.00 Å². The molecule has 0 aliphatic carbocycles. The van der Waals surface area contributed by atoms with Crippen LogP contribution >= 0.6 is 23.3 Å². The number of anilines is 2. The maximum atomic E-state index is 8.82. The lowest BCUT2D eigenvalue weighted by Gasteiger charge is -2.21. The van der Waals surface area contributed by atoms with E-state index in [1.165, 1.54) is 11.5 Å². The molecule has 1 aromatic rings. The zero-order valence-electron chi connectivity index (χ0n) is 9.06. The average Bonchev–Trinajstić information content (AvgIpc) is 2.61. The van der Waals surface area contributed by atoms with Gasteiger partial charge in [-0.05, 0) is 31.1 Å². The molecule has 15 heavy (non-hydrogen) atoms. The van der Waals surface area contributed by atoms with E-state index in [4.69, 9.17) is 10.8 Å². The Morgan fingerprint density at radius 1 is 1.60 bits per heavy atom. The molecule has 86 valence electrons. The highest BCUT2D eigenvalue weighted by molar-refractivity contribution is 7.99. The van der Waals surface area contributed by atoms with Gasteiger partial charge in [0.2, 0.25) is 0 Å². The number of nitrogens with two attached hydrogens (primary N) is 1. The summed E-state index contributed by atoms with van der Waals surface area (Å²) in [5.41, 5.74) is 5.78. The quantitative estimate of drug-likeness (QED) is 0.749. The summed E-state index contributed by atoms with van der Waals surface area (Å²) in [4.78, 5) is 3.26. The van der Waals surface area contributed by atoms with Crippen LogP contribution in [0.15, 0.2) is 4.90 Å². The molecule has 0 saturated heterocycles. The molecule has 0 bridgehead atoms. The van der Waals surface area contributed by atoms with Crippen molar-refractivity contribution in [3.63, 3.8) is 0 Å². The molecule has 0 aromatic carbocycles. The van der Waals surface area contributed by atoms with Crippen molar-refractivity contribution in [1.29, 1.82) is 0 Å². The molecule has 0 aliphatic rings. The summed E-state index contributed by atoms with van der Waals surface area (Å²) >= 11 is 3.06. The van der Waals surface area contributed by atoms with Crippen molar-refractivity contribution >= 4 is 34.1 Å². The van der Waals surface area contributed by atoms with E-state index < -0.39 is 0 Å². The first-order valence-electron chi connectivity index (χ1n) is 4.89. The van der Waals surface area contributed by atoms with Gasteiger partial charge in [-0.2, -0.15) is 4.37 Å². The van der Waals surface area contributed by atoms with Gasteiger partial charge in [0, 0.05) is 19.7 Å². The van der Waals surface area contributed by atoms with E-state index in [2.05, 4.69) is 16.2 Å². The lowest BCUT2D eigenvalue weighted by atomic mass is 10.4. The minimum atomic E-state index is 0.222. The maximum absolute atomic E-state index is 8.82. The third-order valence-electron chi connectivity index (χ3n) is 2.12. The van der Waals surface area contributed by atoms with Crippen molar-refractivity contribution < 1.29 is 5.11 Å². The number of rotatable bonds is 6. The number of aliphatic hydroxyl groups is 1. The first-order valence-corrected chi connectivity index (χ1v) is 6.89. The molecule has 0 amide bonds. The zero-order chi connectivity index (χ0) is 11.3. The Kier molecular flexibility index (Phi) is 5.21. The zero-order valence-corrected chi connectivity index (χ0v) is 10.7. The van der Waals surface area contributed by atoms with Gasteiger partial charge in [-0.3, -0.25) is 0 Å². The molecule has 1 heterocycles. The second-order valence-electron chi connectivity index (χ2n) is 3.06. The fraction of sp³-hybridized carbons (Fsp3) is 0.667. The van der Waals surface area contributed by atoms with E-state index in [0.29, 0.717) is 5.82 Å². The van der Waals surface area contributed by atoms with Crippen molar-refractivity contribution in [3.05, 3.63) is 0 Å². The molecule has 0 radical (unpaired) electrons. The summed E-state index contributed by atoms with van der Waals surface area (Å²) in [5, 5.41) is 9.94. The fourth-order valence-corrected chi connectivity index (χ4v) is 3.12. The number of nitrogens with zero attached hydrogens (tertiary/aromatic N) is 2. The van der Waals surface area contributed by atoms with Crippen LogP contribution in [0.5, 0.6) is 0 Å². The third-order valence-corrected chi connectivity index (χ3v) is 3.98. The van der Waals surface area contributed by atoms with Crippen molar-refractivity contribution in [2.75, 3.05) is 36.6 Å². The normalized spacial score (nSPS) is 10.6. The minimum Gasteiger partial charge on any atom is -0.396 e. The van der Waals surface area contributed by atoms with Gasteiger partial charge in [0.05, 0.1) is 4.90 Å². The highest BCUT2D eigenvalue weighted by Gasteiger charge is 2.15. The molecule has 0 atom stereocenters. The Labute approximate surface area is 98.6 Å². The fourth-order valence-electron chi connectivity index (χ4n) is 1.34. The third kappa shape index (κ3) is 2.99. The molecule has 0 saturated carbocycles. The number of aliphatic hydroxyl groups excluding tert-OH is 1. The average molecular weight is 247 g/mol. The van der Waals surface area contributed by atoms with Gasteiger partial charge in [0.15, 0.2) is 5.82 Å². The van der Waals surface area contributed by atoms with Crippen LogP contribution in [0.25, 0.3) is 0 Å². The molecule has 0 aliphatic heterocycles. The number of hydrogen-bond donors (Lipinski definition) is 2. The van der Waals surface area contributed by atoms with Gasteiger partial charge < -0.3 is 15.7 Å². The Morgan fingerprint density at radius 3 is 2.87 bits per heavy atom. The topological polar surface area (TPSA) is 62.4 Å². The van der Waals surface area contributed by atoms with Crippen molar-refractivity contribution in [2.45, 2.75) is 18.2 Å². The summed E-state index contributed by atoms with van der Waals surface area (Å²) in [6.07, 6.45) is 2.78. The molecule has 3 N–H and O–H groups in total. The molecule has 0 fully saturated rings. The monoisotopic (exact) mass is 247 g/mol. The second kappa shape index (κ2) is 6.19. The van der Waals surface area contributed by atoms with Crippen LogP contribution < -0.4 is 10.6 Å². The van der Waals surface area contributed by atoms with Crippen molar-refractivity contribution in [2.24, 2.45) is 0 Å². The highest BCUT2D eigenvalue weighted by Crippen LogP contribution is 2.37. The Hall–Kier alpha value is -0.460. The van der Waals surface area contributed by atoms with E-state index in [9.17, 15) is 0 Å². The van der Waals surface area contributed by atoms with Gasteiger partial charge >= 0.3 is 0 Å². The largest absolute Gasteiger partial charge is 0.396 e. The van der Waals surface area contributed by atoms with Crippen LogP contribution in [0.1, 0.15) is 13.3 Å². The van der Waals surface area contributed by atoms with Crippen LogP contribution in [0.4, 0.5) is 10.8 Å². The number of aromatic nitrogens is 1. The Morgan fingerprint density at radius 2 is 2.33 bits per heavy atom. The van der Waals surface area contributed by atoms with Crippen LogP contribution in [-0.4, -0.2) is 35.4 Å². The Balaban J connectivity index is 2.81. The SMILES string of the molecule is CCN(CCCO)c1snc(N)c1SC. The molecular formula is C9H17N3OS2. The molecule has 1 rings (SSSR count). The molecule has 0 unspecified atom stereocenters. The summed E-state index contributed by atoms with van der Waals surface area (Å²) in [7, 11) is 0. The molecular weight excluding hydrogens is 230 g/mol. The number of thioether (sulfide) groups is 1. The predicted octanol–water partition coefficient (Wildman–Crippen LogP) is 1.66. The smallest absolute Gasteiger partial charge is 0.153 e. The summed E-state index contributed by atoms with van der Waals surface area (Å²) < 4.78 is 4.16. The molecule has 6 heteroatoms. The van der Waals surface area contributed by atoms with Crippen molar-refractivity contribution in [1.82, 2.24) is 4.37 Å². The van der Waals surface area contributed by atoms with Crippen LogP contribution in [-0.2, 0) is 0 Å². The summed E-state index contributed by atoms with van der Waals surface area (Å²) in [6, 6.07) is 0. The van der Waals surface area contributed by atoms with Crippen molar-refractivity contribution in [3.8, 4) is 0 Å². The van der Waals surface area contributed by atoms with Gasteiger partial charge in [0.25, 0.3) is 0 Å². The highest BCUT2D eigenvalue weighted by atomic mass is 32.2. The van der Waals surface area contributed by atoms with E-state index in [0.717, 1.165) is 29.4 Å². The Bertz CT molecular complexity index is 304. The molecule has 0 spiro atoms. The van der Waals surface area contributed by atoms with Gasteiger partial charge in [-0.1, -0.05) is 0 Å². The van der Waals surface area contributed by atoms with E-state index in [1.54, 1.807) is 11.8 Å². The second-order valence-corrected chi connectivity index (χ2v) is 4.63. The van der Waals surface area contributed by atoms with E-state index >= 15 is 0 Å². The maximum Gasteiger partial charge on any atom is 0.153 e. The van der Waals surface area contributed by atoms with Crippen LogP contribution in [0.2, 0.25) is 0 Å². The predicted molar refractivity (Wildman–Crippen MR) is 67.9 cm³/mol. The van der Waals surface area contributed by atoms with Gasteiger partial charge in [-0.15, -0.1) is 11.8 Å². The van der Waals surface area contributed by atoms with E-state index in [-0.39, 0.29) is 6.61 Å². The molecule has 1 aromatic heterocycles. The van der Waals surface area contributed by atoms with Gasteiger partial charge in [-0.25, -0.2) is 0 Å². The lowest BCUT2D eigenvalue weighted by Crippen LogP contribution is -2.24. The summed E-state index contributed by atoms with van der Waals surface area (Å²) in [5.74, 6) is 0.616.